The fourth-order valence-corrected chi connectivity index (χ4v) is 1.64. The molecule has 4 nitrogen and oxygen atoms in total. The predicted octanol–water partition coefficient (Wildman–Crippen LogP) is 0.149. The molecule has 80 valence electrons. The van der Waals surface area contributed by atoms with E-state index in [2.05, 4.69) is 24.5 Å². The molecule has 0 rings (SSSR count). The molecule has 13 heavy (non-hydrogen) atoms. The SMILES string of the molecule is CCCC(CC)C(NC)NC(N)N. The summed E-state index contributed by atoms with van der Waals surface area (Å²) in [5.41, 5.74) is 11.0. The summed E-state index contributed by atoms with van der Waals surface area (Å²) in [4.78, 5) is 0. The van der Waals surface area contributed by atoms with E-state index in [4.69, 9.17) is 11.5 Å². The number of nitrogens with two attached hydrogens (primary N) is 2. The number of hydrogen-bond donors (Lipinski definition) is 4. The lowest BCUT2D eigenvalue weighted by Crippen LogP contribution is -2.57. The van der Waals surface area contributed by atoms with Crippen molar-refractivity contribution in [3.05, 3.63) is 0 Å². The van der Waals surface area contributed by atoms with E-state index in [0.29, 0.717) is 5.92 Å². The maximum absolute atomic E-state index is 5.48. The number of rotatable bonds is 7. The average Bonchev–Trinajstić information content (AvgIpc) is 2.10. The summed E-state index contributed by atoms with van der Waals surface area (Å²) in [7, 11) is 1.93. The minimum atomic E-state index is -0.441. The van der Waals surface area contributed by atoms with Gasteiger partial charge in [0.05, 0.1) is 6.17 Å². The van der Waals surface area contributed by atoms with Crippen LogP contribution >= 0.6 is 0 Å². The van der Waals surface area contributed by atoms with Gasteiger partial charge in [-0.25, -0.2) is 0 Å². The van der Waals surface area contributed by atoms with E-state index in [1.54, 1.807) is 0 Å². The molecule has 0 aliphatic rings. The summed E-state index contributed by atoms with van der Waals surface area (Å²) < 4.78 is 0. The minimum absolute atomic E-state index is 0.227. The third kappa shape index (κ3) is 5.21. The molecule has 0 fully saturated rings. The number of nitrogens with one attached hydrogen (secondary N) is 2. The van der Waals surface area contributed by atoms with Gasteiger partial charge in [0.1, 0.15) is 6.29 Å². The van der Waals surface area contributed by atoms with Gasteiger partial charge in [-0.1, -0.05) is 26.7 Å². The first-order valence-corrected chi connectivity index (χ1v) is 5.10. The maximum atomic E-state index is 5.48. The largest absolute Gasteiger partial charge is 0.305 e. The Morgan fingerprint density at radius 3 is 2.15 bits per heavy atom. The first-order chi connectivity index (χ1) is 6.15. The van der Waals surface area contributed by atoms with Crippen molar-refractivity contribution < 1.29 is 0 Å². The van der Waals surface area contributed by atoms with Crippen molar-refractivity contribution >= 4 is 0 Å². The Morgan fingerprint density at radius 1 is 1.23 bits per heavy atom. The second-order valence-corrected chi connectivity index (χ2v) is 3.42. The van der Waals surface area contributed by atoms with Gasteiger partial charge in [0.2, 0.25) is 0 Å². The molecule has 0 aliphatic carbocycles. The van der Waals surface area contributed by atoms with Crippen molar-refractivity contribution in [3.63, 3.8) is 0 Å². The molecule has 6 N–H and O–H groups in total. The zero-order valence-corrected chi connectivity index (χ0v) is 9.01. The molecule has 0 aliphatic heterocycles. The monoisotopic (exact) mass is 188 g/mol. The Balaban J connectivity index is 4.00. The predicted molar refractivity (Wildman–Crippen MR) is 56.8 cm³/mol. The van der Waals surface area contributed by atoms with E-state index in [0.717, 1.165) is 6.42 Å². The molecule has 0 spiro atoms. The molecule has 2 atom stereocenters. The molecule has 4 heteroatoms. The van der Waals surface area contributed by atoms with Gasteiger partial charge in [0, 0.05) is 0 Å². The second-order valence-electron chi connectivity index (χ2n) is 3.42. The van der Waals surface area contributed by atoms with Crippen LogP contribution in [0.3, 0.4) is 0 Å². The van der Waals surface area contributed by atoms with Gasteiger partial charge in [-0.15, -0.1) is 0 Å². The van der Waals surface area contributed by atoms with Crippen LogP contribution in [-0.2, 0) is 0 Å². The zero-order chi connectivity index (χ0) is 10.3. The second kappa shape index (κ2) is 7.26. The highest BCUT2D eigenvalue weighted by atomic mass is 15.2. The van der Waals surface area contributed by atoms with Crippen molar-refractivity contribution in [3.8, 4) is 0 Å². The molecule has 0 saturated carbocycles. The summed E-state index contributed by atoms with van der Waals surface area (Å²) in [5.74, 6) is 0.601. The molecule has 2 unspecified atom stereocenters. The molecule has 0 bridgehead atoms. The van der Waals surface area contributed by atoms with E-state index in [1.165, 1.54) is 12.8 Å². The van der Waals surface area contributed by atoms with Crippen molar-refractivity contribution in [1.82, 2.24) is 10.6 Å². The fraction of sp³-hybridized carbons (Fsp3) is 1.00. The van der Waals surface area contributed by atoms with E-state index >= 15 is 0 Å². The van der Waals surface area contributed by atoms with Crippen LogP contribution in [0.4, 0.5) is 0 Å². The van der Waals surface area contributed by atoms with Gasteiger partial charge in [-0.05, 0) is 19.4 Å². The van der Waals surface area contributed by atoms with Crippen molar-refractivity contribution in [2.75, 3.05) is 7.05 Å². The molecule has 0 aromatic carbocycles. The van der Waals surface area contributed by atoms with E-state index in [-0.39, 0.29) is 6.17 Å². The fourth-order valence-electron chi connectivity index (χ4n) is 1.64. The van der Waals surface area contributed by atoms with Crippen LogP contribution in [-0.4, -0.2) is 19.5 Å². The Bertz CT molecular complexity index is 116. The zero-order valence-electron chi connectivity index (χ0n) is 9.01. The lowest BCUT2D eigenvalue weighted by molar-refractivity contribution is 0.266. The van der Waals surface area contributed by atoms with Gasteiger partial charge in [0.25, 0.3) is 0 Å². The van der Waals surface area contributed by atoms with E-state index in [1.807, 2.05) is 7.05 Å². The average molecular weight is 188 g/mol. The van der Waals surface area contributed by atoms with Crippen LogP contribution < -0.4 is 22.1 Å². The molecule has 0 aromatic rings. The highest BCUT2D eigenvalue weighted by Gasteiger charge is 2.17. The van der Waals surface area contributed by atoms with Gasteiger partial charge < -0.3 is 16.8 Å². The Morgan fingerprint density at radius 2 is 1.85 bits per heavy atom. The van der Waals surface area contributed by atoms with E-state index in [9.17, 15) is 0 Å². The molecule has 0 saturated heterocycles. The van der Waals surface area contributed by atoms with Gasteiger partial charge in [-0.2, -0.15) is 0 Å². The highest BCUT2D eigenvalue weighted by Crippen LogP contribution is 2.13. The summed E-state index contributed by atoms with van der Waals surface area (Å²) in [6.45, 7) is 4.38. The Hall–Kier alpha value is -0.160. The summed E-state index contributed by atoms with van der Waals surface area (Å²) in [5, 5.41) is 6.31. The van der Waals surface area contributed by atoms with Crippen LogP contribution in [0, 0.1) is 5.92 Å². The first-order valence-electron chi connectivity index (χ1n) is 5.10. The third-order valence-electron chi connectivity index (χ3n) is 2.34. The van der Waals surface area contributed by atoms with Crippen LogP contribution in [0.2, 0.25) is 0 Å². The molecule has 0 heterocycles. The van der Waals surface area contributed by atoms with Crippen LogP contribution in [0.25, 0.3) is 0 Å². The quantitative estimate of drug-likeness (QED) is 0.429. The molecule has 0 amide bonds. The van der Waals surface area contributed by atoms with Gasteiger partial charge in [0.15, 0.2) is 0 Å². The van der Waals surface area contributed by atoms with Crippen LogP contribution in [0.5, 0.6) is 0 Å². The van der Waals surface area contributed by atoms with E-state index < -0.39 is 6.29 Å². The lowest BCUT2D eigenvalue weighted by Gasteiger charge is -2.28. The van der Waals surface area contributed by atoms with Crippen molar-refractivity contribution in [1.29, 1.82) is 0 Å². The minimum Gasteiger partial charge on any atom is -0.305 e. The summed E-state index contributed by atoms with van der Waals surface area (Å²) in [6.07, 6.45) is 3.31. The summed E-state index contributed by atoms with van der Waals surface area (Å²) >= 11 is 0. The normalized spacial score (nSPS) is 16.2. The third-order valence-corrected chi connectivity index (χ3v) is 2.34. The van der Waals surface area contributed by atoms with Crippen molar-refractivity contribution in [2.45, 2.75) is 45.6 Å². The molecular formula is C9H24N4. The lowest BCUT2D eigenvalue weighted by atomic mass is 9.97. The van der Waals surface area contributed by atoms with Crippen molar-refractivity contribution in [2.24, 2.45) is 17.4 Å². The Labute approximate surface area is 81.4 Å². The number of hydrogen-bond acceptors (Lipinski definition) is 4. The summed E-state index contributed by atoms with van der Waals surface area (Å²) in [6, 6.07) is 0. The van der Waals surface area contributed by atoms with Crippen LogP contribution in [0.1, 0.15) is 33.1 Å². The Kier molecular flexibility index (Phi) is 7.17. The molecule has 0 radical (unpaired) electrons. The standard InChI is InChI=1S/C9H24N4/c1-4-6-7(5-2)8(12-3)13-9(10)11/h7-9,12-13H,4-6,10-11H2,1-3H3. The van der Waals surface area contributed by atoms with Gasteiger partial charge >= 0.3 is 0 Å². The van der Waals surface area contributed by atoms with Gasteiger partial charge in [-0.3, -0.25) is 5.32 Å². The highest BCUT2D eigenvalue weighted by molar-refractivity contribution is 4.72. The van der Waals surface area contributed by atoms with Crippen LogP contribution in [0.15, 0.2) is 0 Å². The molecule has 0 aromatic heterocycles. The smallest absolute Gasteiger partial charge is 0.108 e. The maximum Gasteiger partial charge on any atom is 0.108 e. The first kappa shape index (κ1) is 12.8. The topological polar surface area (TPSA) is 76.1 Å². The molecular weight excluding hydrogens is 164 g/mol.